The van der Waals surface area contributed by atoms with E-state index in [1.165, 1.54) is 38.2 Å². The Kier molecular flexibility index (Phi) is 3.04. The molecular weight excluding hydrogens is 190 g/mol. The van der Waals surface area contributed by atoms with Gasteiger partial charge in [-0.25, -0.2) is 4.98 Å². The summed E-state index contributed by atoms with van der Waals surface area (Å²) in [6.45, 7) is 0. The van der Waals surface area contributed by atoms with Gasteiger partial charge in [-0.15, -0.1) is 0 Å². The summed E-state index contributed by atoms with van der Waals surface area (Å²) in [4.78, 5) is 15.5. The first-order valence-electron chi connectivity index (χ1n) is 5.56. The first kappa shape index (κ1) is 10.2. The van der Waals surface area contributed by atoms with Crippen LogP contribution < -0.4 is 10.9 Å². The topological polar surface area (TPSA) is 46.9 Å². The van der Waals surface area contributed by atoms with Crippen LogP contribution in [0.5, 0.6) is 0 Å². The summed E-state index contributed by atoms with van der Waals surface area (Å²) in [6, 6.07) is 1.96. The Bertz CT molecular complexity index is 380. The first-order chi connectivity index (χ1) is 7.27. The second-order valence-corrected chi connectivity index (χ2v) is 4.14. The highest BCUT2D eigenvalue weighted by Gasteiger charge is 2.14. The smallest absolute Gasteiger partial charge is 0.254 e. The molecule has 15 heavy (non-hydrogen) atoms. The molecule has 82 valence electrons. The van der Waals surface area contributed by atoms with E-state index >= 15 is 0 Å². The predicted octanol–water partition coefficient (Wildman–Crippen LogP) is 1.52. The van der Waals surface area contributed by atoms with Crippen LogP contribution >= 0.6 is 0 Å². The van der Waals surface area contributed by atoms with E-state index in [0.717, 1.165) is 0 Å². The fourth-order valence-corrected chi connectivity index (χ4v) is 2.04. The zero-order chi connectivity index (χ0) is 10.7. The number of anilines is 1. The highest BCUT2D eigenvalue weighted by Crippen LogP contribution is 2.19. The van der Waals surface area contributed by atoms with Crippen LogP contribution in [-0.2, 0) is 7.05 Å². The SMILES string of the molecule is Cn1c(NC2CCCCC2)nccc1=O. The van der Waals surface area contributed by atoms with E-state index in [2.05, 4.69) is 10.3 Å². The van der Waals surface area contributed by atoms with Gasteiger partial charge in [0.25, 0.3) is 5.56 Å². The summed E-state index contributed by atoms with van der Waals surface area (Å²) in [6.07, 6.45) is 7.82. The summed E-state index contributed by atoms with van der Waals surface area (Å²) in [5, 5.41) is 3.34. The summed E-state index contributed by atoms with van der Waals surface area (Å²) >= 11 is 0. The van der Waals surface area contributed by atoms with Gasteiger partial charge in [-0.2, -0.15) is 0 Å². The van der Waals surface area contributed by atoms with E-state index in [1.807, 2.05) is 0 Å². The van der Waals surface area contributed by atoms with E-state index in [0.29, 0.717) is 12.0 Å². The number of hydrogen-bond donors (Lipinski definition) is 1. The molecule has 1 N–H and O–H groups in total. The molecule has 0 atom stereocenters. The van der Waals surface area contributed by atoms with Crippen molar-refractivity contribution in [3.8, 4) is 0 Å². The lowest BCUT2D eigenvalue weighted by Crippen LogP contribution is -2.28. The van der Waals surface area contributed by atoms with Gasteiger partial charge in [0, 0.05) is 25.4 Å². The van der Waals surface area contributed by atoms with E-state index in [-0.39, 0.29) is 5.56 Å². The van der Waals surface area contributed by atoms with Crippen LogP contribution in [0, 0.1) is 0 Å². The standard InChI is InChI=1S/C11H17N3O/c1-14-10(15)7-8-12-11(14)13-9-5-3-2-4-6-9/h7-9H,2-6H2,1H3,(H,12,13). The third-order valence-electron chi connectivity index (χ3n) is 3.00. The first-order valence-corrected chi connectivity index (χ1v) is 5.56. The maximum Gasteiger partial charge on any atom is 0.254 e. The molecule has 1 heterocycles. The minimum Gasteiger partial charge on any atom is -0.353 e. The van der Waals surface area contributed by atoms with Gasteiger partial charge in [0.05, 0.1) is 0 Å². The lowest BCUT2D eigenvalue weighted by molar-refractivity contribution is 0.459. The van der Waals surface area contributed by atoms with Gasteiger partial charge < -0.3 is 5.32 Å². The highest BCUT2D eigenvalue weighted by molar-refractivity contribution is 5.26. The van der Waals surface area contributed by atoms with Crippen LogP contribution in [0.15, 0.2) is 17.1 Å². The molecular formula is C11H17N3O. The lowest BCUT2D eigenvalue weighted by atomic mass is 9.96. The van der Waals surface area contributed by atoms with Gasteiger partial charge >= 0.3 is 0 Å². The summed E-state index contributed by atoms with van der Waals surface area (Å²) in [5.41, 5.74) is -0.0108. The highest BCUT2D eigenvalue weighted by atomic mass is 16.1. The van der Waals surface area contributed by atoms with Gasteiger partial charge in [0.15, 0.2) is 0 Å². The molecule has 1 aliphatic carbocycles. The Morgan fingerprint density at radius 2 is 2.13 bits per heavy atom. The fraction of sp³-hybridized carbons (Fsp3) is 0.636. The van der Waals surface area contributed by atoms with Crippen molar-refractivity contribution in [2.45, 2.75) is 38.1 Å². The van der Waals surface area contributed by atoms with Crippen LogP contribution in [0.4, 0.5) is 5.95 Å². The van der Waals surface area contributed by atoms with Gasteiger partial charge in [-0.05, 0) is 12.8 Å². The molecule has 0 aromatic carbocycles. The van der Waals surface area contributed by atoms with Gasteiger partial charge in [-0.1, -0.05) is 19.3 Å². The molecule has 0 aliphatic heterocycles. The van der Waals surface area contributed by atoms with Crippen molar-refractivity contribution >= 4 is 5.95 Å². The van der Waals surface area contributed by atoms with Gasteiger partial charge in [0.1, 0.15) is 0 Å². The molecule has 1 saturated carbocycles. The second-order valence-electron chi connectivity index (χ2n) is 4.14. The van der Waals surface area contributed by atoms with Crippen molar-refractivity contribution in [1.29, 1.82) is 0 Å². The molecule has 4 nitrogen and oxygen atoms in total. The predicted molar refractivity (Wildman–Crippen MR) is 60.0 cm³/mol. The molecule has 1 aliphatic rings. The zero-order valence-electron chi connectivity index (χ0n) is 9.07. The van der Waals surface area contributed by atoms with Crippen molar-refractivity contribution in [3.05, 3.63) is 22.6 Å². The Labute approximate surface area is 89.3 Å². The maximum atomic E-state index is 11.4. The molecule has 4 heteroatoms. The average Bonchev–Trinajstić information content (AvgIpc) is 2.26. The summed E-state index contributed by atoms with van der Waals surface area (Å²) < 4.78 is 1.56. The molecule has 0 radical (unpaired) electrons. The van der Waals surface area contributed by atoms with Crippen LogP contribution in [0.3, 0.4) is 0 Å². The van der Waals surface area contributed by atoms with E-state index in [9.17, 15) is 4.79 Å². The van der Waals surface area contributed by atoms with Crippen molar-refractivity contribution in [2.24, 2.45) is 7.05 Å². The van der Waals surface area contributed by atoms with Crippen LogP contribution in [0.1, 0.15) is 32.1 Å². The van der Waals surface area contributed by atoms with E-state index in [4.69, 9.17) is 0 Å². The molecule has 0 unspecified atom stereocenters. The largest absolute Gasteiger partial charge is 0.353 e. The molecule has 1 fully saturated rings. The van der Waals surface area contributed by atoms with Gasteiger partial charge in [-0.3, -0.25) is 9.36 Å². The van der Waals surface area contributed by atoms with Crippen LogP contribution in [0.2, 0.25) is 0 Å². The molecule has 0 saturated heterocycles. The van der Waals surface area contributed by atoms with Gasteiger partial charge in [0.2, 0.25) is 5.95 Å². The Balaban J connectivity index is 2.09. The summed E-state index contributed by atoms with van der Waals surface area (Å²) in [5.74, 6) is 0.689. The fourth-order valence-electron chi connectivity index (χ4n) is 2.04. The Morgan fingerprint density at radius 3 is 2.87 bits per heavy atom. The quantitative estimate of drug-likeness (QED) is 0.800. The molecule has 0 amide bonds. The van der Waals surface area contributed by atoms with Crippen LogP contribution in [0.25, 0.3) is 0 Å². The lowest BCUT2D eigenvalue weighted by Gasteiger charge is -2.23. The number of nitrogens with one attached hydrogen (secondary N) is 1. The third kappa shape index (κ3) is 2.37. The van der Waals surface area contributed by atoms with Crippen molar-refractivity contribution in [3.63, 3.8) is 0 Å². The second kappa shape index (κ2) is 4.47. The van der Waals surface area contributed by atoms with E-state index in [1.54, 1.807) is 17.8 Å². The van der Waals surface area contributed by atoms with E-state index < -0.39 is 0 Å². The Hall–Kier alpha value is -1.32. The Morgan fingerprint density at radius 1 is 1.40 bits per heavy atom. The normalized spacial score (nSPS) is 17.7. The monoisotopic (exact) mass is 207 g/mol. The minimum absolute atomic E-state index is 0.0108. The third-order valence-corrected chi connectivity index (χ3v) is 3.00. The summed E-state index contributed by atoms with van der Waals surface area (Å²) in [7, 11) is 1.75. The van der Waals surface area contributed by atoms with Crippen LogP contribution in [-0.4, -0.2) is 15.6 Å². The maximum absolute atomic E-state index is 11.4. The van der Waals surface area contributed by atoms with Crippen molar-refractivity contribution in [1.82, 2.24) is 9.55 Å². The van der Waals surface area contributed by atoms with Crippen molar-refractivity contribution in [2.75, 3.05) is 5.32 Å². The average molecular weight is 207 g/mol. The zero-order valence-corrected chi connectivity index (χ0v) is 9.07. The molecule has 1 aromatic rings. The number of aromatic nitrogens is 2. The minimum atomic E-state index is -0.0108. The number of rotatable bonds is 2. The molecule has 1 aromatic heterocycles. The number of hydrogen-bond acceptors (Lipinski definition) is 3. The number of nitrogens with zero attached hydrogens (tertiary/aromatic N) is 2. The van der Waals surface area contributed by atoms with Crippen molar-refractivity contribution < 1.29 is 0 Å². The molecule has 0 bridgehead atoms. The molecule has 0 spiro atoms. The molecule has 2 rings (SSSR count).